The van der Waals surface area contributed by atoms with Crippen molar-refractivity contribution in [3.8, 4) is 0 Å². The largest absolute Gasteiger partial charge is 0.350 e. The second-order valence-corrected chi connectivity index (χ2v) is 9.87. The first-order valence-corrected chi connectivity index (χ1v) is 10.9. The summed E-state index contributed by atoms with van der Waals surface area (Å²) >= 11 is 0. The van der Waals surface area contributed by atoms with E-state index in [2.05, 4.69) is 11.6 Å². The van der Waals surface area contributed by atoms with Crippen LogP contribution in [0.4, 0.5) is 0 Å². The number of carbonyl (C=O) groups is 1. The number of carbonyl (C=O) groups excluding carboxylic acids is 1. The highest BCUT2D eigenvalue weighted by Gasteiger charge is 2.35. The second kappa shape index (κ2) is 7.35. The Bertz CT molecular complexity index is 785. The molecule has 1 aliphatic heterocycles. The number of likely N-dealkylation sites (tertiary alicyclic amines) is 1. The van der Waals surface area contributed by atoms with Gasteiger partial charge in [-0.2, -0.15) is 0 Å². The van der Waals surface area contributed by atoms with E-state index in [-0.39, 0.29) is 10.8 Å². The Labute approximate surface area is 158 Å². The van der Waals surface area contributed by atoms with Crippen molar-refractivity contribution in [3.05, 3.63) is 17.0 Å². The summed E-state index contributed by atoms with van der Waals surface area (Å²) in [6, 6.07) is 0. The average molecular weight is 384 g/mol. The zero-order valence-corrected chi connectivity index (χ0v) is 18.0. The van der Waals surface area contributed by atoms with Gasteiger partial charge in [-0.1, -0.05) is 13.8 Å². The summed E-state index contributed by atoms with van der Waals surface area (Å²) in [7, 11) is -2.00. The molecule has 148 valence electrons. The Morgan fingerprint density at radius 3 is 2.23 bits per heavy atom. The number of hydrogen-bond acceptors (Lipinski definition) is 3. The van der Waals surface area contributed by atoms with Crippen molar-refractivity contribution in [2.45, 2.75) is 71.2 Å². The molecular weight excluding hydrogens is 350 g/mol. The summed E-state index contributed by atoms with van der Waals surface area (Å²) in [6.07, 6.45) is 2.57. The zero-order chi connectivity index (χ0) is 19.9. The number of nitrogens with one attached hydrogen (secondary N) is 1. The van der Waals surface area contributed by atoms with Gasteiger partial charge in [0, 0.05) is 37.1 Å². The maximum atomic E-state index is 13.2. The Morgan fingerprint density at radius 1 is 1.19 bits per heavy atom. The van der Waals surface area contributed by atoms with Crippen molar-refractivity contribution < 1.29 is 13.2 Å². The SMILES string of the molecule is CCC(C)(C)NS(=O)(=O)c1c(C(=O)N2CCC(C)CC2)c(C)n(C)c1C. The molecule has 0 spiro atoms. The predicted octanol–water partition coefficient (Wildman–Crippen LogP) is 2.98. The standard InChI is InChI=1S/C19H33N3O3S/c1-8-19(5,6)20-26(24,25)17-15(4)21(7)14(3)16(17)18(23)22-11-9-13(2)10-12-22/h13,20H,8-12H2,1-7H3. The molecule has 0 bridgehead atoms. The third kappa shape index (κ3) is 3.98. The van der Waals surface area contributed by atoms with E-state index in [1.165, 1.54) is 0 Å². The van der Waals surface area contributed by atoms with E-state index in [9.17, 15) is 13.2 Å². The number of rotatable bonds is 5. The first-order valence-electron chi connectivity index (χ1n) is 9.40. The van der Waals surface area contributed by atoms with Crippen LogP contribution in [0.3, 0.4) is 0 Å². The van der Waals surface area contributed by atoms with Crippen LogP contribution < -0.4 is 4.72 Å². The molecule has 1 aliphatic rings. The molecular formula is C19H33N3O3S. The minimum atomic E-state index is -3.81. The maximum absolute atomic E-state index is 13.2. The molecule has 0 saturated carbocycles. The van der Waals surface area contributed by atoms with Gasteiger partial charge in [0.25, 0.3) is 5.91 Å². The normalized spacial score (nSPS) is 17.0. The lowest BCUT2D eigenvalue weighted by atomic mass is 9.98. The van der Waals surface area contributed by atoms with Crippen LogP contribution in [-0.2, 0) is 17.1 Å². The van der Waals surface area contributed by atoms with Crippen LogP contribution in [0, 0.1) is 19.8 Å². The summed E-state index contributed by atoms with van der Waals surface area (Å²) < 4.78 is 30.9. The molecule has 0 radical (unpaired) electrons. The Hall–Kier alpha value is -1.34. The van der Waals surface area contributed by atoms with Gasteiger partial charge in [-0.3, -0.25) is 4.79 Å². The molecule has 1 aromatic heterocycles. The fourth-order valence-corrected chi connectivity index (χ4v) is 5.36. The molecule has 2 rings (SSSR count). The molecule has 0 aromatic carbocycles. The van der Waals surface area contributed by atoms with Crippen molar-refractivity contribution >= 4 is 15.9 Å². The highest BCUT2D eigenvalue weighted by atomic mass is 32.2. The van der Waals surface area contributed by atoms with E-state index in [1.54, 1.807) is 16.4 Å². The number of nitrogens with zero attached hydrogens (tertiary/aromatic N) is 2. The number of aromatic nitrogens is 1. The second-order valence-electron chi connectivity index (χ2n) is 8.25. The highest BCUT2D eigenvalue weighted by Crippen LogP contribution is 2.30. The van der Waals surface area contributed by atoms with Crippen molar-refractivity contribution in [1.82, 2.24) is 14.2 Å². The molecule has 0 atom stereocenters. The van der Waals surface area contributed by atoms with Crippen LogP contribution in [0.5, 0.6) is 0 Å². The number of hydrogen-bond donors (Lipinski definition) is 1. The van der Waals surface area contributed by atoms with Gasteiger partial charge in [-0.25, -0.2) is 13.1 Å². The van der Waals surface area contributed by atoms with Gasteiger partial charge in [0.05, 0.1) is 5.56 Å². The van der Waals surface area contributed by atoms with E-state index in [0.29, 0.717) is 42.4 Å². The van der Waals surface area contributed by atoms with Crippen molar-refractivity contribution in [3.63, 3.8) is 0 Å². The molecule has 0 unspecified atom stereocenters. The van der Waals surface area contributed by atoms with Crippen LogP contribution in [0.15, 0.2) is 4.90 Å². The average Bonchev–Trinajstić information content (AvgIpc) is 2.79. The van der Waals surface area contributed by atoms with E-state index >= 15 is 0 Å². The van der Waals surface area contributed by atoms with Gasteiger partial charge in [0.2, 0.25) is 10.0 Å². The van der Waals surface area contributed by atoms with Gasteiger partial charge < -0.3 is 9.47 Å². The minimum absolute atomic E-state index is 0.127. The molecule has 26 heavy (non-hydrogen) atoms. The van der Waals surface area contributed by atoms with E-state index in [4.69, 9.17) is 0 Å². The van der Waals surface area contributed by atoms with Crippen molar-refractivity contribution in [1.29, 1.82) is 0 Å². The lowest BCUT2D eigenvalue weighted by Gasteiger charge is -2.31. The lowest BCUT2D eigenvalue weighted by molar-refractivity contribution is 0.0692. The Balaban J connectivity index is 2.51. The fraction of sp³-hybridized carbons (Fsp3) is 0.737. The van der Waals surface area contributed by atoms with Crippen LogP contribution in [-0.4, -0.2) is 42.4 Å². The van der Waals surface area contributed by atoms with Gasteiger partial charge in [-0.05, 0) is 52.9 Å². The molecule has 7 heteroatoms. The molecule has 0 aliphatic carbocycles. The van der Waals surface area contributed by atoms with Crippen LogP contribution >= 0.6 is 0 Å². The Kier molecular flexibility index (Phi) is 5.93. The molecule has 1 saturated heterocycles. The minimum Gasteiger partial charge on any atom is -0.350 e. The number of piperidine rings is 1. The molecule has 1 N–H and O–H groups in total. The zero-order valence-electron chi connectivity index (χ0n) is 17.1. The molecule has 1 amide bonds. The summed E-state index contributed by atoms with van der Waals surface area (Å²) in [6.45, 7) is 12.8. The quantitative estimate of drug-likeness (QED) is 0.850. The fourth-order valence-electron chi connectivity index (χ4n) is 3.35. The third-order valence-electron chi connectivity index (χ3n) is 5.77. The summed E-state index contributed by atoms with van der Waals surface area (Å²) in [5, 5.41) is 0. The molecule has 1 fully saturated rings. The van der Waals surface area contributed by atoms with E-state index < -0.39 is 15.6 Å². The van der Waals surface area contributed by atoms with Crippen LogP contribution in [0.2, 0.25) is 0 Å². The molecule has 2 heterocycles. The van der Waals surface area contributed by atoms with Crippen LogP contribution in [0.25, 0.3) is 0 Å². The Morgan fingerprint density at radius 2 is 1.73 bits per heavy atom. The van der Waals surface area contributed by atoms with Crippen molar-refractivity contribution in [2.24, 2.45) is 13.0 Å². The van der Waals surface area contributed by atoms with Gasteiger partial charge in [0.15, 0.2) is 0 Å². The van der Waals surface area contributed by atoms with Crippen molar-refractivity contribution in [2.75, 3.05) is 13.1 Å². The predicted molar refractivity (Wildman–Crippen MR) is 104 cm³/mol. The first-order chi connectivity index (χ1) is 11.9. The van der Waals surface area contributed by atoms with Gasteiger partial charge in [-0.15, -0.1) is 0 Å². The summed E-state index contributed by atoms with van der Waals surface area (Å²) in [4.78, 5) is 15.1. The number of amides is 1. The first kappa shape index (κ1) is 21.0. The highest BCUT2D eigenvalue weighted by molar-refractivity contribution is 7.89. The molecule has 1 aromatic rings. The monoisotopic (exact) mass is 383 g/mol. The third-order valence-corrected chi connectivity index (χ3v) is 7.63. The number of sulfonamides is 1. The summed E-state index contributed by atoms with van der Waals surface area (Å²) in [5.74, 6) is 0.431. The van der Waals surface area contributed by atoms with E-state index in [0.717, 1.165) is 12.8 Å². The van der Waals surface area contributed by atoms with E-state index in [1.807, 2.05) is 34.7 Å². The summed E-state index contributed by atoms with van der Waals surface area (Å²) in [5.41, 5.74) is 1.03. The topological polar surface area (TPSA) is 71.4 Å². The smallest absolute Gasteiger partial charge is 0.257 e. The lowest BCUT2D eigenvalue weighted by Crippen LogP contribution is -2.44. The molecule has 6 nitrogen and oxygen atoms in total. The maximum Gasteiger partial charge on any atom is 0.257 e. The van der Waals surface area contributed by atoms with Gasteiger partial charge >= 0.3 is 0 Å². The van der Waals surface area contributed by atoms with Gasteiger partial charge in [0.1, 0.15) is 4.90 Å². The van der Waals surface area contributed by atoms with Crippen LogP contribution in [0.1, 0.15) is 68.7 Å².